The summed E-state index contributed by atoms with van der Waals surface area (Å²) in [5, 5.41) is 3.06. The van der Waals surface area contributed by atoms with Crippen molar-refractivity contribution in [3.63, 3.8) is 0 Å². The molecule has 1 heterocycles. The Balaban J connectivity index is 1.36. The van der Waals surface area contributed by atoms with E-state index in [4.69, 9.17) is 4.74 Å². The SMILES string of the molecule is COc1ccc(F)cc1CN1CCN(CC(=O)NCCC2=CCCCC2)CC1. The predicted octanol–water partition coefficient (Wildman–Crippen LogP) is 2.96. The van der Waals surface area contributed by atoms with Crippen LogP contribution in [0.5, 0.6) is 5.75 Å². The van der Waals surface area contributed by atoms with Gasteiger partial charge in [-0.3, -0.25) is 14.6 Å². The highest BCUT2D eigenvalue weighted by Crippen LogP contribution is 2.22. The van der Waals surface area contributed by atoms with Crippen LogP contribution in [0.25, 0.3) is 0 Å². The molecule has 1 fully saturated rings. The number of piperazine rings is 1. The number of benzene rings is 1. The van der Waals surface area contributed by atoms with E-state index in [1.807, 2.05) is 0 Å². The van der Waals surface area contributed by atoms with Gasteiger partial charge in [-0.15, -0.1) is 0 Å². The summed E-state index contributed by atoms with van der Waals surface area (Å²) in [6.07, 6.45) is 8.28. The van der Waals surface area contributed by atoms with Crippen LogP contribution in [-0.4, -0.2) is 62.1 Å². The first-order valence-corrected chi connectivity index (χ1v) is 10.4. The van der Waals surface area contributed by atoms with Gasteiger partial charge in [-0.2, -0.15) is 0 Å². The van der Waals surface area contributed by atoms with Gasteiger partial charge in [0.1, 0.15) is 11.6 Å². The van der Waals surface area contributed by atoms with E-state index in [-0.39, 0.29) is 11.7 Å². The van der Waals surface area contributed by atoms with Gasteiger partial charge in [0.25, 0.3) is 0 Å². The van der Waals surface area contributed by atoms with Crippen molar-refractivity contribution in [1.29, 1.82) is 0 Å². The molecule has 1 N–H and O–H groups in total. The standard InChI is InChI=1S/C22H32FN3O2/c1-28-21-8-7-20(23)15-19(21)16-25-11-13-26(14-12-25)17-22(27)24-10-9-18-5-3-2-4-6-18/h5,7-8,15H,2-4,6,9-14,16-17H2,1H3,(H,24,27). The maximum atomic E-state index is 13.5. The maximum Gasteiger partial charge on any atom is 0.234 e. The minimum atomic E-state index is -0.241. The Bertz CT molecular complexity index is 684. The number of rotatable bonds is 8. The lowest BCUT2D eigenvalue weighted by Gasteiger charge is -2.34. The molecule has 0 saturated carbocycles. The minimum Gasteiger partial charge on any atom is -0.496 e. The van der Waals surface area contributed by atoms with E-state index in [9.17, 15) is 9.18 Å². The Morgan fingerprint density at radius 2 is 1.96 bits per heavy atom. The summed E-state index contributed by atoms with van der Waals surface area (Å²) in [6, 6.07) is 4.64. The number of allylic oxidation sites excluding steroid dienone is 1. The van der Waals surface area contributed by atoms with Gasteiger partial charge in [-0.25, -0.2) is 4.39 Å². The molecule has 154 valence electrons. The fourth-order valence-corrected chi connectivity index (χ4v) is 3.97. The zero-order valence-corrected chi connectivity index (χ0v) is 16.9. The van der Waals surface area contributed by atoms with Crippen LogP contribution in [0.4, 0.5) is 4.39 Å². The molecular formula is C22H32FN3O2. The van der Waals surface area contributed by atoms with Crippen molar-refractivity contribution in [3.8, 4) is 5.75 Å². The van der Waals surface area contributed by atoms with Crippen molar-refractivity contribution >= 4 is 5.91 Å². The third kappa shape index (κ3) is 6.31. The molecule has 0 bridgehead atoms. The minimum absolute atomic E-state index is 0.108. The Morgan fingerprint density at radius 3 is 2.68 bits per heavy atom. The average Bonchev–Trinajstić information content (AvgIpc) is 2.70. The smallest absolute Gasteiger partial charge is 0.234 e. The molecule has 0 spiro atoms. The highest BCUT2D eigenvalue weighted by atomic mass is 19.1. The number of hydrogen-bond acceptors (Lipinski definition) is 4. The molecule has 0 unspecified atom stereocenters. The first-order valence-electron chi connectivity index (χ1n) is 10.4. The van der Waals surface area contributed by atoms with E-state index in [0.717, 1.165) is 50.5 Å². The lowest BCUT2D eigenvalue weighted by atomic mass is 9.97. The molecule has 3 rings (SSSR count). The van der Waals surface area contributed by atoms with Crippen LogP contribution in [0.3, 0.4) is 0 Å². The number of nitrogens with one attached hydrogen (secondary N) is 1. The van der Waals surface area contributed by atoms with Crippen LogP contribution in [0.15, 0.2) is 29.8 Å². The molecule has 2 aliphatic rings. The number of nitrogens with zero attached hydrogens (tertiary/aromatic N) is 2. The summed E-state index contributed by atoms with van der Waals surface area (Å²) in [4.78, 5) is 16.7. The maximum absolute atomic E-state index is 13.5. The number of ether oxygens (including phenoxy) is 1. The van der Waals surface area contributed by atoms with Gasteiger partial charge in [0.05, 0.1) is 13.7 Å². The van der Waals surface area contributed by atoms with Crippen LogP contribution in [0, 0.1) is 5.82 Å². The monoisotopic (exact) mass is 389 g/mol. The van der Waals surface area contributed by atoms with Crippen LogP contribution in [0.2, 0.25) is 0 Å². The number of methoxy groups -OCH3 is 1. The fourth-order valence-electron chi connectivity index (χ4n) is 3.97. The van der Waals surface area contributed by atoms with Crippen molar-refractivity contribution in [3.05, 3.63) is 41.2 Å². The second-order valence-corrected chi connectivity index (χ2v) is 7.72. The Hall–Kier alpha value is -1.92. The summed E-state index contributed by atoms with van der Waals surface area (Å²) in [5.41, 5.74) is 2.36. The zero-order valence-electron chi connectivity index (χ0n) is 16.9. The van der Waals surface area contributed by atoms with Gasteiger partial charge in [0, 0.05) is 44.8 Å². The van der Waals surface area contributed by atoms with E-state index < -0.39 is 0 Å². The van der Waals surface area contributed by atoms with Crippen molar-refractivity contribution in [2.24, 2.45) is 0 Å². The van der Waals surface area contributed by atoms with E-state index >= 15 is 0 Å². The molecule has 1 saturated heterocycles. The summed E-state index contributed by atoms with van der Waals surface area (Å²) in [5.74, 6) is 0.586. The highest BCUT2D eigenvalue weighted by molar-refractivity contribution is 5.78. The first kappa shape index (κ1) is 20.8. The molecular weight excluding hydrogens is 357 g/mol. The summed E-state index contributed by atoms with van der Waals surface area (Å²) in [6.45, 7) is 5.27. The molecule has 5 nitrogen and oxygen atoms in total. The lowest BCUT2D eigenvalue weighted by Crippen LogP contribution is -2.49. The van der Waals surface area contributed by atoms with Crippen LogP contribution >= 0.6 is 0 Å². The quantitative estimate of drug-likeness (QED) is 0.695. The largest absolute Gasteiger partial charge is 0.496 e. The molecule has 0 radical (unpaired) electrons. The van der Waals surface area contributed by atoms with E-state index in [1.54, 1.807) is 19.2 Å². The zero-order chi connectivity index (χ0) is 19.8. The normalized spacial score (nSPS) is 18.6. The third-order valence-electron chi connectivity index (χ3n) is 5.62. The first-order chi connectivity index (χ1) is 13.6. The van der Waals surface area contributed by atoms with Crippen LogP contribution < -0.4 is 10.1 Å². The van der Waals surface area contributed by atoms with Gasteiger partial charge in [-0.1, -0.05) is 11.6 Å². The van der Waals surface area contributed by atoms with Gasteiger partial charge in [0.15, 0.2) is 0 Å². The van der Waals surface area contributed by atoms with Gasteiger partial charge in [-0.05, 0) is 50.3 Å². The van der Waals surface area contributed by atoms with E-state index in [2.05, 4.69) is 21.2 Å². The van der Waals surface area contributed by atoms with Crippen LogP contribution in [-0.2, 0) is 11.3 Å². The Kier molecular flexibility index (Phi) is 7.86. The molecule has 1 aromatic carbocycles. The number of amides is 1. The molecule has 1 aliphatic carbocycles. The molecule has 1 aliphatic heterocycles. The van der Waals surface area contributed by atoms with Gasteiger partial charge in [0.2, 0.25) is 5.91 Å². The van der Waals surface area contributed by atoms with Crippen LogP contribution in [0.1, 0.15) is 37.7 Å². The van der Waals surface area contributed by atoms with E-state index in [1.165, 1.54) is 37.3 Å². The fraction of sp³-hybridized carbons (Fsp3) is 0.591. The number of halogens is 1. The van der Waals surface area contributed by atoms with Crippen molar-refractivity contribution in [1.82, 2.24) is 15.1 Å². The van der Waals surface area contributed by atoms with Crippen molar-refractivity contribution in [2.45, 2.75) is 38.6 Å². The van der Waals surface area contributed by atoms with Gasteiger partial charge >= 0.3 is 0 Å². The topological polar surface area (TPSA) is 44.8 Å². The highest BCUT2D eigenvalue weighted by Gasteiger charge is 2.20. The second-order valence-electron chi connectivity index (χ2n) is 7.72. The Labute approximate surface area is 167 Å². The summed E-state index contributed by atoms with van der Waals surface area (Å²) < 4.78 is 18.9. The average molecular weight is 390 g/mol. The Morgan fingerprint density at radius 1 is 1.18 bits per heavy atom. The third-order valence-corrected chi connectivity index (χ3v) is 5.62. The number of carbonyl (C=O) groups excluding carboxylic acids is 1. The number of carbonyl (C=O) groups is 1. The summed E-state index contributed by atoms with van der Waals surface area (Å²) in [7, 11) is 1.61. The van der Waals surface area contributed by atoms with Crippen molar-refractivity contribution < 1.29 is 13.9 Å². The van der Waals surface area contributed by atoms with E-state index in [0.29, 0.717) is 13.1 Å². The number of hydrogen-bond donors (Lipinski definition) is 1. The molecule has 6 heteroatoms. The second kappa shape index (κ2) is 10.6. The molecule has 1 amide bonds. The van der Waals surface area contributed by atoms with Gasteiger partial charge < -0.3 is 10.1 Å². The molecule has 1 aromatic rings. The predicted molar refractivity (Wildman–Crippen MR) is 109 cm³/mol. The molecule has 28 heavy (non-hydrogen) atoms. The molecule has 0 aromatic heterocycles. The summed E-state index contributed by atoms with van der Waals surface area (Å²) >= 11 is 0. The van der Waals surface area contributed by atoms with Crippen molar-refractivity contribution in [2.75, 3.05) is 46.4 Å². The lowest BCUT2D eigenvalue weighted by molar-refractivity contribution is -0.122. The molecule has 0 atom stereocenters.